The predicted molar refractivity (Wildman–Crippen MR) is 66.4 cm³/mol. The minimum atomic E-state index is 0.662. The van der Waals surface area contributed by atoms with Gasteiger partial charge in [0, 0.05) is 6.54 Å². The van der Waals surface area contributed by atoms with Crippen LogP contribution in [0.25, 0.3) is 16.8 Å². The number of fused-ring (bicyclic) bond motifs is 2. The van der Waals surface area contributed by atoms with Gasteiger partial charge < -0.3 is 4.90 Å². The highest BCUT2D eigenvalue weighted by atomic mass is 16.1. The molecule has 0 aromatic heterocycles. The molecule has 0 fully saturated rings. The normalized spacial score (nSPS) is 13.9. The second kappa shape index (κ2) is 3.49. The first-order valence-electron chi connectivity index (χ1n) is 5.30. The van der Waals surface area contributed by atoms with Crippen molar-refractivity contribution in [3.8, 4) is 0 Å². The molecular formula is C14H11NO. The van der Waals surface area contributed by atoms with Crippen molar-refractivity contribution in [3.63, 3.8) is 0 Å². The standard InChI is InChI=1S/C14H11NO/c16-10-15-7-3-6-13-8-11-4-1-2-5-12(11)9-14(13)15/h1-6,8-10H,7H2. The van der Waals surface area contributed by atoms with E-state index in [-0.39, 0.29) is 0 Å². The number of amides is 1. The number of nitrogens with zero attached hydrogens (tertiary/aromatic N) is 1. The Morgan fingerprint density at radius 2 is 1.88 bits per heavy atom. The van der Waals surface area contributed by atoms with Gasteiger partial charge in [0.25, 0.3) is 0 Å². The lowest BCUT2D eigenvalue weighted by atomic mass is 10.0. The van der Waals surface area contributed by atoms with E-state index >= 15 is 0 Å². The first kappa shape index (κ1) is 9.16. The molecule has 1 heterocycles. The maximum Gasteiger partial charge on any atom is 0.214 e. The van der Waals surface area contributed by atoms with Gasteiger partial charge in [0.15, 0.2) is 0 Å². The number of rotatable bonds is 1. The number of carbonyl (C=O) groups is 1. The lowest BCUT2D eigenvalue weighted by molar-refractivity contribution is -0.107. The smallest absolute Gasteiger partial charge is 0.214 e. The second-order valence-electron chi connectivity index (χ2n) is 3.92. The molecule has 2 aromatic carbocycles. The van der Waals surface area contributed by atoms with E-state index in [0.717, 1.165) is 17.7 Å². The fourth-order valence-electron chi connectivity index (χ4n) is 2.12. The minimum absolute atomic E-state index is 0.662. The highest BCUT2D eigenvalue weighted by Gasteiger charge is 2.12. The summed E-state index contributed by atoms with van der Waals surface area (Å²) in [6.07, 6.45) is 4.96. The average Bonchev–Trinajstić information content (AvgIpc) is 2.35. The number of hydrogen-bond donors (Lipinski definition) is 0. The molecule has 3 rings (SSSR count). The first-order chi connectivity index (χ1) is 7.88. The number of carbonyl (C=O) groups excluding carboxylic acids is 1. The number of benzene rings is 2. The third kappa shape index (κ3) is 1.31. The van der Waals surface area contributed by atoms with Gasteiger partial charge in [-0.05, 0) is 28.5 Å². The summed E-state index contributed by atoms with van der Waals surface area (Å²) in [6.45, 7) is 0.662. The SMILES string of the molecule is O=CN1CC=Cc2cc3ccccc3cc21. The molecule has 16 heavy (non-hydrogen) atoms. The van der Waals surface area contributed by atoms with Crippen molar-refractivity contribution >= 4 is 28.9 Å². The lowest BCUT2D eigenvalue weighted by Gasteiger charge is -2.22. The van der Waals surface area contributed by atoms with Crippen LogP contribution in [0.5, 0.6) is 0 Å². The van der Waals surface area contributed by atoms with Gasteiger partial charge in [-0.25, -0.2) is 0 Å². The first-order valence-corrected chi connectivity index (χ1v) is 5.30. The third-order valence-corrected chi connectivity index (χ3v) is 2.93. The van der Waals surface area contributed by atoms with Gasteiger partial charge in [-0.1, -0.05) is 36.4 Å². The van der Waals surface area contributed by atoms with Crippen LogP contribution >= 0.6 is 0 Å². The molecule has 0 radical (unpaired) electrons. The van der Waals surface area contributed by atoms with E-state index in [4.69, 9.17) is 0 Å². The molecule has 2 aromatic rings. The third-order valence-electron chi connectivity index (χ3n) is 2.93. The van der Waals surface area contributed by atoms with Crippen LogP contribution in [-0.4, -0.2) is 13.0 Å². The largest absolute Gasteiger partial charge is 0.311 e. The van der Waals surface area contributed by atoms with Crippen LogP contribution in [-0.2, 0) is 4.79 Å². The molecule has 0 saturated heterocycles. The van der Waals surface area contributed by atoms with Crippen molar-refractivity contribution in [2.45, 2.75) is 0 Å². The Kier molecular flexibility index (Phi) is 2.00. The Hall–Kier alpha value is -2.09. The van der Waals surface area contributed by atoms with Crippen LogP contribution in [0, 0.1) is 0 Å². The topological polar surface area (TPSA) is 20.3 Å². The van der Waals surface area contributed by atoms with Crippen molar-refractivity contribution in [1.29, 1.82) is 0 Å². The molecule has 2 nitrogen and oxygen atoms in total. The molecule has 0 saturated carbocycles. The van der Waals surface area contributed by atoms with Crippen LogP contribution in [0.2, 0.25) is 0 Å². The van der Waals surface area contributed by atoms with Crippen LogP contribution in [0.1, 0.15) is 5.56 Å². The quantitative estimate of drug-likeness (QED) is 0.661. The zero-order chi connectivity index (χ0) is 11.0. The van der Waals surface area contributed by atoms with E-state index in [9.17, 15) is 4.79 Å². The van der Waals surface area contributed by atoms with Crippen LogP contribution in [0.4, 0.5) is 5.69 Å². The summed E-state index contributed by atoms with van der Waals surface area (Å²) in [6, 6.07) is 12.4. The fraction of sp³-hybridized carbons (Fsp3) is 0.0714. The molecule has 1 aliphatic rings. The molecule has 0 aliphatic carbocycles. The maximum absolute atomic E-state index is 11.0. The van der Waals surface area contributed by atoms with Gasteiger partial charge in [-0.3, -0.25) is 4.79 Å². The molecular weight excluding hydrogens is 198 g/mol. The molecule has 0 bridgehead atoms. The predicted octanol–water partition coefficient (Wildman–Crippen LogP) is 2.83. The average molecular weight is 209 g/mol. The molecule has 78 valence electrons. The van der Waals surface area contributed by atoms with E-state index < -0.39 is 0 Å². The van der Waals surface area contributed by atoms with Gasteiger partial charge in [0.05, 0.1) is 5.69 Å². The summed E-state index contributed by atoms with van der Waals surface area (Å²) in [5.74, 6) is 0. The van der Waals surface area contributed by atoms with Gasteiger partial charge in [-0.15, -0.1) is 0 Å². The van der Waals surface area contributed by atoms with Gasteiger partial charge >= 0.3 is 0 Å². The summed E-state index contributed by atoms with van der Waals surface area (Å²) >= 11 is 0. The zero-order valence-corrected chi connectivity index (χ0v) is 8.76. The summed E-state index contributed by atoms with van der Waals surface area (Å²) in [5.41, 5.74) is 2.10. The zero-order valence-electron chi connectivity index (χ0n) is 8.76. The van der Waals surface area contributed by atoms with Crippen molar-refractivity contribution in [3.05, 3.63) is 48.0 Å². The van der Waals surface area contributed by atoms with Crippen LogP contribution in [0.3, 0.4) is 0 Å². The molecule has 0 atom stereocenters. The Balaban J connectivity index is 2.30. The monoisotopic (exact) mass is 209 g/mol. The Labute approximate surface area is 93.8 Å². The molecule has 0 N–H and O–H groups in total. The van der Waals surface area contributed by atoms with Crippen LogP contribution in [0.15, 0.2) is 42.5 Å². The van der Waals surface area contributed by atoms with Gasteiger partial charge in [0.1, 0.15) is 0 Å². The van der Waals surface area contributed by atoms with Crippen molar-refractivity contribution in [2.75, 3.05) is 11.4 Å². The summed E-state index contributed by atoms with van der Waals surface area (Å²) in [7, 11) is 0. The van der Waals surface area contributed by atoms with Crippen LogP contribution < -0.4 is 4.90 Å². The molecule has 2 heteroatoms. The van der Waals surface area contributed by atoms with Gasteiger partial charge in [-0.2, -0.15) is 0 Å². The summed E-state index contributed by atoms with van der Waals surface area (Å²) < 4.78 is 0. The lowest BCUT2D eigenvalue weighted by Crippen LogP contribution is -2.23. The fourth-order valence-corrected chi connectivity index (χ4v) is 2.12. The van der Waals surface area contributed by atoms with E-state index in [1.165, 1.54) is 10.8 Å². The Morgan fingerprint density at radius 3 is 2.62 bits per heavy atom. The van der Waals surface area contributed by atoms with Crippen molar-refractivity contribution < 1.29 is 4.79 Å². The second-order valence-corrected chi connectivity index (χ2v) is 3.92. The highest BCUT2D eigenvalue weighted by molar-refractivity contribution is 5.94. The highest BCUT2D eigenvalue weighted by Crippen LogP contribution is 2.29. The Morgan fingerprint density at radius 1 is 1.12 bits per heavy atom. The van der Waals surface area contributed by atoms with Gasteiger partial charge in [0.2, 0.25) is 6.41 Å². The number of anilines is 1. The van der Waals surface area contributed by atoms with Crippen molar-refractivity contribution in [1.82, 2.24) is 0 Å². The molecule has 1 aliphatic heterocycles. The van der Waals surface area contributed by atoms with E-state index in [1.54, 1.807) is 4.90 Å². The Bertz CT molecular complexity index is 586. The summed E-state index contributed by atoms with van der Waals surface area (Å²) in [4.78, 5) is 12.7. The molecule has 0 unspecified atom stereocenters. The maximum atomic E-state index is 11.0. The van der Waals surface area contributed by atoms with Crippen molar-refractivity contribution in [2.24, 2.45) is 0 Å². The summed E-state index contributed by atoms with van der Waals surface area (Å²) in [5, 5.41) is 2.38. The van der Waals surface area contributed by atoms with E-state index in [1.807, 2.05) is 18.2 Å². The number of hydrogen-bond acceptors (Lipinski definition) is 1. The molecule has 1 amide bonds. The van der Waals surface area contributed by atoms with E-state index in [2.05, 4.69) is 30.3 Å². The van der Waals surface area contributed by atoms with E-state index in [0.29, 0.717) is 6.54 Å². The molecule has 0 spiro atoms. The minimum Gasteiger partial charge on any atom is -0.311 e.